The topological polar surface area (TPSA) is 76.1 Å². The highest BCUT2D eigenvalue weighted by molar-refractivity contribution is 7.92. The Balaban J connectivity index is 1.69. The number of hydrogen-bond donors (Lipinski definition) is 1. The van der Waals surface area contributed by atoms with Crippen LogP contribution >= 0.6 is 11.3 Å². The fraction of sp³-hybridized carbons (Fsp3) is 0.120. The predicted octanol–water partition coefficient (Wildman–Crippen LogP) is 5.91. The van der Waals surface area contributed by atoms with Crippen molar-refractivity contribution < 1.29 is 13.2 Å². The SMILES string of the molecule is CC(C)S(=O)(=O)c1cccc(C(=O)Nc2nc(-c3ccccc3)c(-c3ccccc3)s2)c1. The standard InChI is InChI=1S/C25H22N2O3S2/c1-17(2)32(29,30)21-15-9-14-20(16-21)24(28)27-25-26-22(18-10-5-3-6-11-18)23(31-25)19-12-7-4-8-13-19/h3-17H,1-2H3,(H,26,27,28). The zero-order chi connectivity index (χ0) is 22.7. The predicted molar refractivity (Wildman–Crippen MR) is 130 cm³/mol. The molecule has 0 saturated heterocycles. The normalized spacial score (nSPS) is 11.5. The quantitative estimate of drug-likeness (QED) is 0.386. The second-order valence-corrected chi connectivity index (χ2v) is 11.0. The Hall–Kier alpha value is -3.29. The lowest BCUT2D eigenvalue weighted by atomic mass is 10.1. The molecular weight excluding hydrogens is 440 g/mol. The smallest absolute Gasteiger partial charge is 0.257 e. The molecule has 0 saturated carbocycles. The molecule has 162 valence electrons. The van der Waals surface area contributed by atoms with E-state index >= 15 is 0 Å². The van der Waals surface area contributed by atoms with Gasteiger partial charge in [-0.2, -0.15) is 0 Å². The summed E-state index contributed by atoms with van der Waals surface area (Å²) in [6.45, 7) is 3.24. The average molecular weight is 463 g/mol. The lowest BCUT2D eigenvalue weighted by Gasteiger charge is -2.09. The van der Waals surface area contributed by atoms with Crippen molar-refractivity contribution in [3.05, 3.63) is 90.5 Å². The van der Waals surface area contributed by atoms with Crippen LogP contribution in [-0.2, 0) is 9.84 Å². The van der Waals surface area contributed by atoms with Gasteiger partial charge >= 0.3 is 0 Å². The number of thiazole rings is 1. The molecule has 0 aliphatic rings. The Morgan fingerprint density at radius 2 is 1.50 bits per heavy atom. The second-order valence-electron chi connectivity index (χ2n) is 7.50. The largest absolute Gasteiger partial charge is 0.298 e. The number of amides is 1. The number of aromatic nitrogens is 1. The van der Waals surface area contributed by atoms with Crippen molar-refractivity contribution in [2.45, 2.75) is 24.0 Å². The molecule has 0 spiro atoms. The number of benzene rings is 3. The minimum Gasteiger partial charge on any atom is -0.298 e. The fourth-order valence-corrected chi connectivity index (χ4v) is 5.30. The van der Waals surface area contributed by atoms with E-state index in [1.807, 2.05) is 60.7 Å². The molecule has 0 aliphatic carbocycles. The summed E-state index contributed by atoms with van der Waals surface area (Å²) in [5.74, 6) is -0.404. The van der Waals surface area contributed by atoms with Gasteiger partial charge in [-0.05, 0) is 37.6 Å². The average Bonchev–Trinajstić information content (AvgIpc) is 3.24. The van der Waals surface area contributed by atoms with E-state index in [0.29, 0.717) is 5.13 Å². The Morgan fingerprint density at radius 3 is 2.12 bits per heavy atom. The third-order valence-electron chi connectivity index (χ3n) is 4.98. The van der Waals surface area contributed by atoms with Gasteiger partial charge in [-0.25, -0.2) is 13.4 Å². The van der Waals surface area contributed by atoms with Gasteiger partial charge in [0.15, 0.2) is 15.0 Å². The summed E-state index contributed by atoms with van der Waals surface area (Å²) in [5.41, 5.74) is 3.01. The summed E-state index contributed by atoms with van der Waals surface area (Å²) in [6.07, 6.45) is 0. The van der Waals surface area contributed by atoms with Gasteiger partial charge in [0.2, 0.25) is 0 Å². The molecule has 3 aromatic carbocycles. The molecule has 0 bridgehead atoms. The van der Waals surface area contributed by atoms with E-state index in [0.717, 1.165) is 21.7 Å². The number of rotatable bonds is 6. The van der Waals surface area contributed by atoms with Crippen LogP contribution in [0.4, 0.5) is 5.13 Å². The summed E-state index contributed by atoms with van der Waals surface area (Å²) in [7, 11) is -3.47. The van der Waals surface area contributed by atoms with Crippen molar-refractivity contribution in [2.24, 2.45) is 0 Å². The molecule has 0 radical (unpaired) electrons. The molecule has 1 heterocycles. The Labute approximate surface area is 191 Å². The highest BCUT2D eigenvalue weighted by atomic mass is 32.2. The lowest BCUT2D eigenvalue weighted by Crippen LogP contribution is -2.16. The first-order valence-electron chi connectivity index (χ1n) is 10.1. The van der Waals surface area contributed by atoms with Gasteiger partial charge < -0.3 is 0 Å². The zero-order valence-electron chi connectivity index (χ0n) is 17.6. The van der Waals surface area contributed by atoms with E-state index in [1.165, 1.54) is 23.5 Å². The molecule has 0 fully saturated rings. The van der Waals surface area contributed by atoms with Crippen LogP contribution in [-0.4, -0.2) is 24.6 Å². The first kappa shape index (κ1) is 21.9. The first-order valence-corrected chi connectivity index (χ1v) is 12.5. The van der Waals surface area contributed by atoms with Crippen molar-refractivity contribution in [3.8, 4) is 21.7 Å². The van der Waals surface area contributed by atoms with E-state index in [1.54, 1.807) is 26.0 Å². The molecule has 32 heavy (non-hydrogen) atoms. The van der Waals surface area contributed by atoms with Gasteiger partial charge in [0.25, 0.3) is 5.91 Å². The molecular formula is C25H22N2O3S2. The number of carbonyl (C=O) groups is 1. The van der Waals surface area contributed by atoms with Crippen molar-refractivity contribution >= 4 is 32.2 Å². The van der Waals surface area contributed by atoms with Crippen LogP contribution in [0.15, 0.2) is 89.8 Å². The van der Waals surface area contributed by atoms with E-state index in [-0.39, 0.29) is 10.5 Å². The molecule has 4 aromatic rings. The molecule has 0 atom stereocenters. The minimum atomic E-state index is -3.47. The number of nitrogens with one attached hydrogen (secondary N) is 1. The van der Waals surface area contributed by atoms with E-state index in [2.05, 4.69) is 5.32 Å². The molecule has 0 aliphatic heterocycles. The van der Waals surface area contributed by atoms with Gasteiger partial charge in [0.1, 0.15) is 0 Å². The molecule has 1 N–H and O–H groups in total. The third kappa shape index (κ3) is 4.49. The second kappa shape index (κ2) is 9.06. The van der Waals surface area contributed by atoms with Crippen molar-refractivity contribution in [2.75, 3.05) is 5.32 Å². The number of nitrogens with zero attached hydrogens (tertiary/aromatic N) is 1. The first-order chi connectivity index (χ1) is 15.4. The summed E-state index contributed by atoms with van der Waals surface area (Å²) in [6, 6.07) is 25.8. The van der Waals surface area contributed by atoms with Crippen molar-refractivity contribution in [1.82, 2.24) is 4.98 Å². The summed E-state index contributed by atoms with van der Waals surface area (Å²) in [4.78, 5) is 18.7. The lowest BCUT2D eigenvalue weighted by molar-refractivity contribution is 0.102. The summed E-state index contributed by atoms with van der Waals surface area (Å²) >= 11 is 1.38. The van der Waals surface area contributed by atoms with Crippen LogP contribution < -0.4 is 5.32 Å². The molecule has 5 nitrogen and oxygen atoms in total. The van der Waals surface area contributed by atoms with Crippen LogP contribution in [0.5, 0.6) is 0 Å². The maximum Gasteiger partial charge on any atom is 0.257 e. The van der Waals surface area contributed by atoms with Crippen LogP contribution in [0.1, 0.15) is 24.2 Å². The zero-order valence-corrected chi connectivity index (χ0v) is 19.3. The highest BCUT2D eigenvalue weighted by Crippen LogP contribution is 2.39. The number of anilines is 1. The van der Waals surface area contributed by atoms with Crippen LogP contribution in [0.3, 0.4) is 0 Å². The third-order valence-corrected chi connectivity index (χ3v) is 8.15. The van der Waals surface area contributed by atoms with E-state index in [9.17, 15) is 13.2 Å². The summed E-state index contributed by atoms with van der Waals surface area (Å²) < 4.78 is 25.0. The van der Waals surface area contributed by atoms with Gasteiger partial charge in [-0.3, -0.25) is 10.1 Å². The number of carbonyl (C=O) groups excluding carboxylic acids is 1. The summed E-state index contributed by atoms with van der Waals surface area (Å²) in [5, 5.41) is 2.72. The highest BCUT2D eigenvalue weighted by Gasteiger charge is 2.21. The number of sulfone groups is 1. The van der Waals surface area contributed by atoms with Crippen LogP contribution in [0.25, 0.3) is 21.7 Å². The van der Waals surface area contributed by atoms with Crippen LogP contribution in [0.2, 0.25) is 0 Å². The minimum absolute atomic E-state index is 0.134. The van der Waals surface area contributed by atoms with Gasteiger partial charge in [0, 0.05) is 11.1 Å². The molecule has 1 aromatic heterocycles. The monoisotopic (exact) mass is 462 g/mol. The van der Waals surface area contributed by atoms with E-state index < -0.39 is 21.0 Å². The molecule has 4 rings (SSSR count). The Morgan fingerprint density at radius 1 is 0.875 bits per heavy atom. The van der Waals surface area contributed by atoms with Gasteiger partial charge in [-0.15, -0.1) is 0 Å². The van der Waals surface area contributed by atoms with Crippen molar-refractivity contribution in [3.63, 3.8) is 0 Å². The number of hydrogen-bond acceptors (Lipinski definition) is 5. The maximum absolute atomic E-state index is 12.9. The van der Waals surface area contributed by atoms with Crippen molar-refractivity contribution in [1.29, 1.82) is 0 Å². The fourth-order valence-electron chi connectivity index (χ4n) is 3.21. The molecule has 7 heteroatoms. The van der Waals surface area contributed by atoms with Gasteiger partial charge in [-0.1, -0.05) is 78.1 Å². The molecule has 1 amide bonds. The molecule has 0 unspecified atom stereocenters. The maximum atomic E-state index is 12.9. The van der Waals surface area contributed by atoms with Gasteiger partial charge in [0.05, 0.1) is 20.7 Å². The Bertz CT molecular complexity index is 1290. The van der Waals surface area contributed by atoms with Crippen LogP contribution in [0, 0.1) is 0 Å². The van der Waals surface area contributed by atoms with E-state index in [4.69, 9.17) is 4.98 Å². The Kier molecular flexibility index (Phi) is 6.21.